The third kappa shape index (κ3) is 1.65. The van der Waals surface area contributed by atoms with E-state index < -0.39 is 7.32 Å². The van der Waals surface area contributed by atoms with Crippen molar-refractivity contribution in [3.8, 4) is 5.75 Å². The maximum atomic E-state index is 8.90. The third-order valence-electron chi connectivity index (χ3n) is 2.72. The highest BCUT2D eigenvalue weighted by Gasteiger charge is 2.15. The van der Waals surface area contributed by atoms with Crippen LogP contribution >= 0.6 is 0 Å². The van der Waals surface area contributed by atoms with Gasteiger partial charge < -0.3 is 19.7 Å². The summed E-state index contributed by atoms with van der Waals surface area (Å²) in [6.45, 7) is 0. The lowest BCUT2D eigenvalue weighted by molar-refractivity contribution is 0.289. The number of H-pyrrole nitrogens is 1. The summed E-state index contributed by atoms with van der Waals surface area (Å²) in [6, 6.07) is 13.2. The Morgan fingerprint density at radius 1 is 0.941 bits per heavy atom. The Morgan fingerprint density at radius 3 is 2.53 bits per heavy atom. The van der Waals surface area contributed by atoms with E-state index in [4.69, 9.17) is 14.7 Å². The second-order valence-electron chi connectivity index (χ2n) is 3.79. The molecule has 3 rings (SSSR count). The van der Waals surface area contributed by atoms with Crippen LogP contribution in [0.3, 0.4) is 0 Å². The maximum Gasteiger partial charge on any atom is 0.707 e. The summed E-state index contributed by atoms with van der Waals surface area (Å²) in [5.74, 6) is 0.454. The molecular weight excluding hydrogens is 217 g/mol. The van der Waals surface area contributed by atoms with E-state index in [0.717, 1.165) is 21.8 Å². The average Bonchev–Trinajstić information content (AvgIpc) is 2.67. The van der Waals surface area contributed by atoms with Gasteiger partial charge in [0.25, 0.3) is 0 Å². The minimum atomic E-state index is -1.81. The van der Waals surface area contributed by atoms with Gasteiger partial charge in [0.05, 0.1) is 5.52 Å². The van der Waals surface area contributed by atoms with Gasteiger partial charge in [-0.2, -0.15) is 0 Å². The van der Waals surface area contributed by atoms with Crippen molar-refractivity contribution < 1.29 is 14.7 Å². The second kappa shape index (κ2) is 3.80. The van der Waals surface area contributed by atoms with Gasteiger partial charge in [-0.1, -0.05) is 24.3 Å². The van der Waals surface area contributed by atoms with E-state index in [1.165, 1.54) is 0 Å². The van der Waals surface area contributed by atoms with Crippen LogP contribution in [0.15, 0.2) is 42.5 Å². The number of fused-ring (bicyclic) bond motifs is 3. The molecule has 4 nitrogen and oxygen atoms in total. The van der Waals surface area contributed by atoms with Crippen LogP contribution in [0.5, 0.6) is 5.75 Å². The fourth-order valence-electron chi connectivity index (χ4n) is 2.08. The van der Waals surface area contributed by atoms with Gasteiger partial charge in [0, 0.05) is 16.3 Å². The quantitative estimate of drug-likeness (QED) is 0.583. The normalized spacial score (nSPS) is 10.9. The first kappa shape index (κ1) is 10.2. The number of para-hydroxylation sites is 1. The molecule has 0 saturated carbocycles. The van der Waals surface area contributed by atoms with Crippen molar-refractivity contribution in [2.75, 3.05) is 0 Å². The lowest BCUT2D eigenvalue weighted by Gasteiger charge is -2.05. The first-order chi connectivity index (χ1) is 8.25. The van der Waals surface area contributed by atoms with E-state index in [2.05, 4.69) is 4.98 Å². The first-order valence-corrected chi connectivity index (χ1v) is 5.28. The number of rotatable bonds is 2. The predicted octanol–water partition coefficient (Wildman–Crippen LogP) is 1.67. The van der Waals surface area contributed by atoms with Crippen molar-refractivity contribution in [3.05, 3.63) is 42.5 Å². The molecule has 0 atom stereocenters. The van der Waals surface area contributed by atoms with Gasteiger partial charge in [-0.15, -0.1) is 0 Å². The van der Waals surface area contributed by atoms with Gasteiger partial charge in [0.15, 0.2) is 0 Å². The highest BCUT2D eigenvalue weighted by atomic mass is 16.6. The highest BCUT2D eigenvalue weighted by molar-refractivity contribution is 6.34. The van der Waals surface area contributed by atoms with Crippen molar-refractivity contribution in [2.45, 2.75) is 0 Å². The van der Waals surface area contributed by atoms with Crippen LogP contribution in [0, 0.1) is 0 Å². The molecule has 84 valence electrons. The third-order valence-corrected chi connectivity index (χ3v) is 2.72. The summed E-state index contributed by atoms with van der Waals surface area (Å²) in [5, 5.41) is 19.7. The molecule has 0 aliphatic heterocycles. The average molecular weight is 227 g/mol. The SMILES string of the molecule is OB(O)Oc1cccc2[nH]c3ccccc3c12. The minimum Gasteiger partial charge on any atom is -0.511 e. The first-order valence-electron chi connectivity index (χ1n) is 5.28. The lowest BCUT2D eigenvalue weighted by atomic mass is 10.1. The maximum absolute atomic E-state index is 8.90. The van der Waals surface area contributed by atoms with Crippen LogP contribution in [0.4, 0.5) is 0 Å². The Hall–Kier alpha value is -1.98. The van der Waals surface area contributed by atoms with E-state index in [1.807, 2.05) is 30.3 Å². The summed E-state index contributed by atoms with van der Waals surface area (Å²) in [5.41, 5.74) is 1.90. The van der Waals surface area contributed by atoms with Crippen LogP contribution in [-0.4, -0.2) is 22.4 Å². The van der Waals surface area contributed by atoms with E-state index in [0.29, 0.717) is 5.75 Å². The topological polar surface area (TPSA) is 65.5 Å². The smallest absolute Gasteiger partial charge is 0.511 e. The molecule has 0 bridgehead atoms. The highest BCUT2D eigenvalue weighted by Crippen LogP contribution is 2.32. The molecule has 17 heavy (non-hydrogen) atoms. The van der Waals surface area contributed by atoms with Crippen LogP contribution in [0.1, 0.15) is 0 Å². The van der Waals surface area contributed by atoms with Crippen LogP contribution in [0.25, 0.3) is 21.8 Å². The molecule has 1 aromatic heterocycles. The van der Waals surface area contributed by atoms with Gasteiger partial charge >= 0.3 is 7.32 Å². The molecule has 3 N–H and O–H groups in total. The van der Waals surface area contributed by atoms with E-state index in [1.54, 1.807) is 12.1 Å². The molecule has 0 amide bonds. The number of nitrogens with one attached hydrogen (secondary N) is 1. The van der Waals surface area contributed by atoms with Crippen molar-refractivity contribution >= 4 is 29.1 Å². The Bertz CT molecular complexity index is 678. The summed E-state index contributed by atoms with van der Waals surface area (Å²) in [6.07, 6.45) is 0. The van der Waals surface area contributed by atoms with Crippen molar-refractivity contribution in [1.29, 1.82) is 0 Å². The van der Waals surface area contributed by atoms with Gasteiger partial charge in [-0.3, -0.25) is 0 Å². The van der Waals surface area contributed by atoms with Gasteiger partial charge in [0.2, 0.25) is 0 Å². The zero-order chi connectivity index (χ0) is 11.8. The number of aromatic nitrogens is 1. The molecule has 0 radical (unpaired) electrons. The van der Waals surface area contributed by atoms with Gasteiger partial charge in [-0.05, 0) is 18.2 Å². The Kier molecular flexibility index (Phi) is 2.28. The van der Waals surface area contributed by atoms with Crippen LogP contribution in [0.2, 0.25) is 0 Å². The molecule has 0 fully saturated rings. The molecule has 1 heterocycles. The lowest BCUT2D eigenvalue weighted by Crippen LogP contribution is -2.20. The number of hydrogen-bond acceptors (Lipinski definition) is 3. The Labute approximate surface area is 97.6 Å². The molecular formula is C12H10BNO3. The molecule has 3 aromatic rings. The standard InChI is InChI=1S/C12H10BNO3/c15-13(16)17-11-7-3-6-10-12(11)8-4-1-2-5-9(8)14-10/h1-7,14-16H. The van der Waals surface area contributed by atoms with Crippen molar-refractivity contribution in [2.24, 2.45) is 0 Å². The fraction of sp³-hybridized carbons (Fsp3) is 0. The molecule has 0 aliphatic carbocycles. The summed E-state index contributed by atoms with van der Waals surface area (Å²) < 4.78 is 4.99. The number of benzene rings is 2. The molecule has 0 unspecified atom stereocenters. The summed E-state index contributed by atoms with van der Waals surface area (Å²) in [4.78, 5) is 3.25. The van der Waals surface area contributed by atoms with Crippen molar-refractivity contribution in [3.63, 3.8) is 0 Å². The predicted molar refractivity (Wildman–Crippen MR) is 66.6 cm³/mol. The van der Waals surface area contributed by atoms with E-state index in [9.17, 15) is 0 Å². The zero-order valence-corrected chi connectivity index (χ0v) is 8.92. The summed E-state index contributed by atoms with van der Waals surface area (Å²) in [7, 11) is -1.81. The molecule has 2 aromatic carbocycles. The molecule has 0 spiro atoms. The molecule has 0 aliphatic rings. The van der Waals surface area contributed by atoms with E-state index in [-0.39, 0.29) is 0 Å². The van der Waals surface area contributed by atoms with E-state index >= 15 is 0 Å². The number of aromatic amines is 1. The Balaban J connectivity index is 2.35. The Morgan fingerprint density at radius 2 is 1.71 bits per heavy atom. The van der Waals surface area contributed by atoms with Crippen LogP contribution in [-0.2, 0) is 0 Å². The van der Waals surface area contributed by atoms with Crippen LogP contribution < -0.4 is 4.65 Å². The fourth-order valence-corrected chi connectivity index (χ4v) is 2.08. The van der Waals surface area contributed by atoms with Gasteiger partial charge in [0.1, 0.15) is 5.75 Å². The second-order valence-corrected chi connectivity index (χ2v) is 3.79. The van der Waals surface area contributed by atoms with Gasteiger partial charge in [-0.25, -0.2) is 0 Å². The minimum absolute atomic E-state index is 0.454. The largest absolute Gasteiger partial charge is 0.707 e. The zero-order valence-electron chi connectivity index (χ0n) is 8.92. The monoisotopic (exact) mass is 227 g/mol. The van der Waals surface area contributed by atoms with Crippen molar-refractivity contribution in [1.82, 2.24) is 4.98 Å². The molecule has 0 saturated heterocycles. The number of hydrogen-bond donors (Lipinski definition) is 3. The molecule has 5 heteroatoms. The summed E-state index contributed by atoms with van der Waals surface area (Å²) >= 11 is 0.